The summed E-state index contributed by atoms with van der Waals surface area (Å²) in [6.45, 7) is 0.202. The molecular formula is C19H27N4O12P. The zero-order chi connectivity index (χ0) is 26.5. The van der Waals surface area contributed by atoms with Crippen LogP contribution in [0.4, 0.5) is 5.82 Å². The maximum absolute atomic E-state index is 12.3. The van der Waals surface area contributed by atoms with Crippen molar-refractivity contribution < 1.29 is 52.8 Å². The summed E-state index contributed by atoms with van der Waals surface area (Å²) in [5, 5.41) is 32.0. The van der Waals surface area contributed by atoms with E-state index in [4.69, 9.17) is 34.1 Å². The fourth-order valence-electron chi connectivity index (χ4n) is 3.29. The number of aliphatic hydroxyl groups is 3. The van der Waals surface area contributed by atoms with Crippen molar-refractivity contribution in [1.29, 1.82) is 0 Å². The van der Waals surface area contributed by atoms with Crippen molar-refractivity contribution in [1.82, 2.24) is 14.9 Å². The average molecular weight is 534 g/mol. The number of aliphatic hydroxyl groups excluding tert-OH is 3. The highest BCUT2D eigenvalue weighted by Crippen LogP contribution is 2.45. The minimum Gasteiger partial charge on any atom is -0.459 e. The van der Waals surface area contributed by atoms with Crippen molar-refractivity contribution in [2.75, 3.05) is 25.6 Å². The predicted octanol–water partition coefficient (Wildman–Crippen LogP) is -2.15. The Balaban J connectivity index is 1.59. The molecule has 17 heteroatoms. The van der Waals surface area contributed by atoms with Gasteiger partial charge in [-0.2, -0.15) is 4.98 Å². The fourth-order valence-corrected chi connectivity index (χ4v) is 3.93. The summed E-state index contributed by atoms with van der Waals surface area (Å²) in [5.74, 6) is -0.463. The van der Waals surface area contributed by atoms with Gasteiger partial charge in [-0.15, -0.1) is 0 Å². The van der Waals surface area contributed by atoms with Gasteiger partial charge in [0.15, 0.2) is 12.0 Å². The molecule has 3 rings (SSSR count). The molecule has 1 unspecified atom stereocenters. The first-order valence-electron chi connectivity index (χ1n) is 10.6. The van der Waals surface area contributed by atoms with Crippen LogP contribution in [0.15, 0.2) is 41.2 Å². The van der Waals surface area contributed by atoms with Gasteiger partial charge in [0, 0.05) is 13.1 Å². The molecule has 0 aromatic carbocycles. The third-order valence-electron chi connectivity index (χ3n) is 4.92. The summed E-state index contributed by atoms with van der Waals surface area (Å²) in [6.07, 6.45) is -2.01. The number of nitrogens with zero attached hydrogens (tertiary/aromatic N) is 2. The monoisotopic (exact) mass is 534 g/mol. The predicted molar refractivity (Wildman–Crippen MR) is 118 cm³/mol. The highest BCUT2D eigenvalue weighted by atomic mass is 31.2. The molecule has 2 aliphatic rings. The van der Waals surface area contributed by atoms with Gasteiger partial charge in [0.2, 0.25) is 12.2 Å². The Morgan fingerprint density at radius 3 is 2.81 bits per heavy atom. The highest BCUT2D eigenvalue weighted by Gasteiger charge is 2.45. The molecular weight excluding hydrogens is 507 g/mol. The number of amides is 1. The Kier molecular flexibility index (Phi) is 9.21. The van der Waals surface area contributed by atoms with Crippen LogP contribution in [0.25, 0.3) is 0 Å². The molecule has 3 heterocycles. The van der Waals surface area contributed by atoms with Crippen molar-refractivity contribution >= 4 is 19.5 Å². The lowest BCUT2D eigenvalue weighted by atomic mass is 10.1. The van der Waals surface area contributed by atoms with Gasteiger partial charge in [-0.05, 0) is 12.1 Å². The summed E-state index contributed by atoms with van der Waals surface area (Å²) >= 11 is 0. The van der Waals surface area contributed by atoms with Crippen LogP contribution in [0.1, 0.15) is 13.2 Å². The smallest absolute Gasteiger partial charge is 0.459 e. The maximum atomic E-state index is 12.3. The molecule has 0 spiro atoms. The molecule has 1 aromatic rings. The van der Waals surface area contributed by atoms with E-state index in [-0.39, 0.29) is 30.7 Å². The number of allylic oxidation sites excluding steroid dienone is 1. The minimum atomic E-state index is -4.76. The molecule has 1 aromatic heterocycles. The van der Waals surface area contributed by atoms with Gasteiger partial charge in [0.25, 0.3) is 0 Å². The van der Waals surface area contributed by atoms with Crippen LogP contribution in [0.2, 0.25) is 0 Å². The van der Waals surface area contributed by atoms with Gasteiger partial charge in [-0.3, -0.25) is 18.8 Å². The first-order chi connectivity index (χ1) is 17.0. The second-order valence-corrected chi connectivity index (χ2v) is 9.05. The molecule has 200 valence electrons. The zero-order valence-electron chi connectivity index (χ0n) is 18.9. The third-order valence-corrected chi connectivity index (χ3v) is 5.77. The van der Waals surface area contributed by atoms with Crippen LogP contribution >= 0.6 is 7.82 Å². The van der Waals surface area contributed by atoms with Crippen LogP contribution in [-0.4, -0.2) is 86.1 Å². The Bertz CT molecular complexity index is 1090. The van der Waals surface area contributed by atoms with E-state index in [2.05, 4.69) is 10.3 Å². The number of nitrogens with one attached hydrogen (secondary N) is 1. The van der Waals surface area contributed by atoms with Gasteiger partial charge in [0.1, 0.15) is 36.4 Å². The molecule has 0 aliphatic carbocycles. The van der Waals surface area contributed by atoms with Crippen molar-refractivity contribution in [2.45, 2.75) is 43.8 Å². The van der Waals surface area contributed by atoms with E-state index in [1.165, 1.54) is 31.3 Å². The number of phosphoric acid groups is 1. The Hall–Kier alpha value is -2.82. The van der Waals surface area contributed by atoms with Crippen LogP contribution < -0.4 is 16.7 Å². The number of hydrogen-bond acceptors (Lipinski definition) is 13. The van der Waals surface area contributed by atoms with E-state index in [1.807, 2.05) is 0 Å². The molecule has 7 N–H and O–H groups in total. The fraction of sp³-hybridized carbons (Fsp3) is 0.526. The van der Waals surface area contributed by atoms with Crippen molar-refractivity contribution in [2.24, 2.45) is 0 Å². The molecule has 1 saturated heterocycles. The number of nitrogens with two attached hydrogens (primary N) is 1. The molecule has 36 heavy (non-hydrogen) atoms. The van der Waals surface area contributed by atoms with Crippen LogP contribution in [-0.2, 0) is 32.6 Å². The molecule has 1 fully saturated rings. The van der Waals surface area contributed by atoms with Gasteiger partial charge in [0.05, 0.1) is 19.8 Å². The Labute approximate surface area is 204 Å². The zero-order valence-corrected chi connectivity index (χ0v) is 19.8. The van der Waals surface area contributed by atoms with Gasteiger partial charge < -0.3 is 45.1 Å². The van der Waals surface area contributed by atoms with Crippen LogP contribution in [0.3, 0.4) is 0 Å². The number of rotatable bonds is 10. The second-order valence-electron chi connectivity index (χ2n) is 7.64. The standard InChI is InChI=1S/C19H27N4O12P/c1-10(25)21-12-3-2-11(34-18(12)31-7-6-24)8-32-36(29,30)33-9-13-15(26)16(27)17(35-13)23-5-4-14(20)22-19(23)28/h2-5,8,12-13,15-18,24,26-27H,6-7,9H2,1H3,(H,21,25)(H,29,30)(H2,20,22,28)/b11-8-/t12-,13-,15-,16-,17-,18-/m1/s1. The summed E-state index contributed by atoms with van der Waals surface area (Å²) in [7, 11) is -4.76. The Morgan fingerprint density at radius 1 is 1.39 bits per heavy atom. The lowest BCUT2D eigenvalue weighted by molar-refractivity contribution is -0.142. The number of anilines is 1. The van der Waals surface area contributed by atoms with Gasteiger partial charge in [-0.25, -0.2) is 9.36 Å². The first-order valence-corrected chi connectivity index (χ1v) is 12.1. The lowest BCUT2D eigenvalue weighted by Crippen LogP contribution is -2.45. The Morgan fingerprint density at radius 2 is 2.14 bits per heavy atom. The van der Waals surface area contributed by atoms with Crippen molar-refractivity contribution in [3.05, 3.63) is 46.9 Å². The SMILES string of the molecule is CC(=O)N[C@@H]1C=C/C(=C/OP(=O)(O)OC[C@H]2O[C@@H](n3ccc(N)nc3=O)[C@H](O)[C@@H]2O)O[C@H]1OCCO. The van der Waals surface area contributed by atoms with Gasteiger partial charge >= 0.3 is 13.5 Å². The van der Waals surface area contributed by atoms with Crippen molar-refractivity contribution in [3.63, 3.8) is 0 Å². The minimum absolute atomic E-state index is 0.0506. The largest absolute Gasteiger partial charge is 0.527 e. The highest BCUT2D eigenvalue weighted by molar-refractivity contribution is 7.47. The third kappa shape index (κ3) is 7.11. The molecule has 0 saturated carbocycles. The normalized spacial score (nSPS) is 30.5. The number of ether oxygens (including phenoxy) is 3. The number of nitrogen functional groups attached to an aromatic ring is 1. The quantitative estimate of drug-likeness (QED) is 0.139. The van der Waals surface area contributed by atoms with E-state index in [9.17, 15) is 29.3 Å². The lowest BCUT2D eigenvalue weighted by Gasteiger charge is -2.29. The second kappa shape index (κ2) is 11.9. The molecule has 0 radical (unpaired) electrons. The van der Waals surface area contributed by atoms with Crippen molar-refractivity contribution in [3.8, 4) is 0 Å². The molecule has 16 nitrogen and oxygen atoms in total. The number of carbonyl (C=O) groups excluding carboxylic acids is 1. The van der Waals surface area contributed by atoms with Crippen LogP contribution in [0, 0.1) is 0 Å². The topological polar surface area (TPSA) is 234 Å². The number of hydrogen-bond donors (Lipinski definition) is 6. The number of carbonyl (C=O) groups is 1. The van der Waals surface area contributed by atoms with E-state index in [0.717, 1.165) is 10.8 Å². The summed E-state index contributed by atoms with van der Waals surface area (Å²) in [4.78, 5) is 36.8. The number of aromatic nitrogens is 2. The molecule has 7 atom stereocenters. The van der Waals surface area contributed by atoms with E-state index in [0.29, 0.717) is 0 Å². The van der Waals surface area contributed by atoms with Crippen LogP contribution in [0.5, 0.6) is 0 Å². The van der Waals surface area contributed by atoms with E-state index >= 15 is 0 Å². The maximum Gasteiger partial charge on any atom is 0.527 e. The number of phosphoric ester groups is 1. The first kappa shape index (κ1) is 27.8. The summed E-state index contributed by atoms with van der Waals surface area (Å²) < 4.78 is 39.0. The molecule has 0 bridgehead atoms. The average Bonchev–Trinajstić information content (AvgIpc) is 3.09. The van der Waals surface area contributed by atoms with Gasteiger partial charge in [-0.1, -0.05) is 6.08 Å². The molecule has 2 aliphatic heterocycles. The van der Waals surface area contributed by atoms with E-state index in [1.54, 1.807) is 0 Å². The summed E-state index contributed by atoms with van der Waals surface area (Å²) in [6, 6.07) is 0.601. The molecule has 1 amide bonds. The summed E-state index contributed by atoms with van der Waals surface area (Å²) in [5.41, 5.74) is 4.59. The van der Waals surface area contributed by atoms with E-state index < -0.39 is 57.0 Å².